The van der Waals surface area contributed by atoms with Crippen molar-refractivity contribution in [1.82, 2.24) is 15.2 Å². The van der Waals surface area contributed by atoms with Crippen LogP contribution in [0.5, 0.6) is 5.75 Å². The number of carbonyl (C=O) groups is 1. The molecule has 1 N–H and O–H groups in total. The maximum Gasteiger partial charge on any atom is 0.251 e. The van der Waals surface area contributed by atoms with E-state index < -0.39 is 0 Å². The Hall–Kier alpha value is -1.92. The second-order valence-electron chi connectivity index (χ2n) is 7.18. The first-order valence-electron chi connectivity index (χ1n) is 9.81. The summed E-state index contributed by atoms with van der Waals surface area (Å²) in [5, 5.41) is 4.98. The lowest BCUT2D eigenvalue weighted by molar-refractivity contribution is 0.0950. The van der Waals surface area contributed by atoms with E-state index in [1.807, 2.05) is 23.6 Å². The molecule has 0 radical (unpaired) electrons. The lowest BCUT2D eigenvalue weighted by Crippen LogP contribution is -2.35. The van der Waals surface area contributed by atoms with Crippen LogP contribution in [-0.4, -0.2) is 42.0 Å². The van der Waals surface area contributed by atoms with Crippen LogP contribution in [0.15, 0.2) is 35.2 Å². The molecule has 0 bridgehead atoms. The number of nitrogens with one attached hydrogen (secondary N) is 1. The summed E-state index contributed by atoms with van der Waals surface area (Å²) in [4.78, 5) is 19.0. The average Bonchev–Trinajstić information content (AvgIpc) is 3.24. The quantitative estimate of drug-likeness (QED) is 0.658. The average molecular weight is 388 g/mol. The second-order valence-corrected chi connectivity index (χ2v) is 7.90. The number of nitrogens with zero attached hydrogens (tertiary/aromatic N) is 2. The van der Waals surface area contributed by atoms with E-state index in [1.54, 1.807) is 22.9 Å². The second kappa shape index (κ2) is 10.4. The first kappa shape index (κ1) is 19.8. The number of hydrogen-bond donors (Lipinski definition) is 1. The highest BCUT2D eigenvalue weighted by atomic mass is 32.1. The predicted octanol–water partition coefficient (Wildman–Crippen LogP) is 4.11. The Bertz CT molecular complexity index is 699. The summed E-state index contributed by atoms with van der Waals surface area (Å²) >= 11 is 1.55. The van der Waals surface area contributed by atoms with E-state index in [-0.39, 0.29) is 5.91 Å². The van der Waals surface area contributed by atoms with Gasteiger partial charge in [-0.2, -0.15) is 0 Å². The van der Waals surface area contributed by atoms with E-state index >= 15 is 0 Å². The van der Waals surface area contributed by atoms with Crippen molar-refractivity contribution in [2.45, 2.75) is 51.2 Å². The Morgan fingerprint density at radius 2 is 2.19 bits per heavy atom. The molecule has 0 spiro atoms. The standard InChI is InChI=1S/C21H29N3O2S/c1-24(19-8-3-2-4-9-19)12-6-11-22-21(25)17-7-5-10-20(13-17)26-14-18-15-27-16-23-18/h5,7,10,13,15-16,19H,2-4,6,8-9,11-12,14H2,1H3,(H,22,25). The molecular weight excluding hydrogens is 358 g/mol. The molecule has 5 nitrogen and oxygen atoms in total. The summed E-state index contributed by atoms with van der Waals surface area (Å²) in [5.41, 5.74) is 3.32. The molecular formula is C21H29N3O2S. The summed E-state index contributed by atoms with van der Waals surface area (Å²) in [6.45, 7) is 2.14. The Morgan fingerprint density at radius 1 is 1.33 bits per heavy atom. The summed E-state index contributed by atoms with van der Waals surface area (Å²) in [5.74, 6) is 0.641. The smallest absolute Gasteiger partial charge is 0.251 e. The van der Waals surface area contributed by atoms with Crippen LogP contribution in [0.2, 0.25) is 0 Å². The molecule has 0 atom stereocenters. The van der Waals surface area contributed by atoms with Crippen molar-refractivity contribution in [2.75, 3.05) is 20.1 Å². The summed E-state index contributed by atoms with van der Waals surface area (Å²) in [6, 6.07) is 8.04. The van der Waals surface area contributed by atoms with Gasteiger partial charge in [-0.25, -0.2) is 4.98 Å². The number of thiazole rings is 1. The van der Waals surface area contributed by atoms with Gasteiger partial charge in [-0.15, -0.1) is 11.3 Å². The van der Waals surface area contributed by atoms with Gasteiger partial charge in [0.1, 0.15) is 12.4 Å². The molecule has 0 aliphatic heterocycles. The third kappa shape index (κ3) is 6.33. The lowest BCUT2D eigenvalue weighted by Gasteiger charge is -2.31. The SMILES string of the molecule is CN(CCCNC(=O)c1cccc(OCc2cscn2)c1)C1CCCCC1. The number of aromatic nitrogens is 1. The van der Waals surface area contributed by atoms with Gasteiger partial charge in [-0.05, 0) is 51.1 Å². The molecule has 0 saturated heterocycles. The van der Waals surface area contributed by atoms with Gasteiger partial charge in [0, 0.05) is 23.5 Å². The van der Waals surface area contributed by atoms with Crippen LogP contribution >= 0.6 is 11.3 Å². The van der Waals surface area contributed by atoms with Gasteiger partial charge in [-0.1, -0.05) is 25.3 Å². The van der Waals surface area contributed by atoms with Crippen molar-refractivity contribution in [2.24, 2.45) is 0 Å². The molecule has 1 aliphatic carbocycles. The summed E-state index contributed by atoms with van der Waals surface area (Å²) in [6.07, 6.45) is 7.69. The first-order valence-corrected chi connectivity index (χ1v) is 10.7. The van der Waals surface area contributed by atoms with Crippen molar-refractivity contribution >= 4 is 17.2 Å². The van der Waals surface area contributed by atoms with Crippen molar-refractivity contribution in [1.29, 1.82) is 0 Å². The number of benzene rings is 1. The molecule has 1 aliphatic rings. The largest absolute Gasteiger partial charge is 0.487 e. The van der Waals surface area contributed by atoms with E-state index in [2.05, 4.69) is 22.2 Å². The van der Waals surface area contributed by atoms with Gasteiger partial charge in [0.05, 0.1) is 11.2 Å². The van der Waals surface area contributed by atoms with Gasteiger partial charge < -0.3 is 15.0 Å². The highest BCUT2D eigenvalue weighted by Gasteiger charge is 2.17. The third-order valence-electron chi connectivity index (χ3n) is 5.14. The molecule has 1 amide bonds. The Morgan fingerprint density at radius 3 is 2.96 bits per heavy atom. The van der Waals surface area contributed by atoms with Gasteiger partial charge in [0.15, 0.2) is 0 Å². The number of amides is 1. The summed E-state index contributed by atoms with van der Waals surface area (Å²) < 4.78 is 5.72. The number of rotatable bonds is 9. The van der Waals surface area contributed by atoms with Crippen LogP contribution in [0.4, 0.5) is 0 Å². The molecule has 27 heavy (non-hydrogen) atoms. The van der Waals surface area contributed by atoms with Crippen molar-refractivity contribution in [3.8, 4) is 5.75 Å². The number of carbonyl (C=O) groups excluding carboxylic acids is 1. The molecule has 3 rings (SSSR count). The fraction of sp³-hybridized carbons (Fsp3) is 0.524. The fourth-order valence-electron chi connectivity index (χ4n) is 3.53. The van der Waals surface area contributed by atoms with E-state index in [1.165, 1.54) is 32.1 Å². The topological polar surface area (TPSA) is 54.5 Å². The van der Waals surface area contributed by atoms with Gasteiger partial charge >= 0.3 is 0 Å². The molecule has 1 saturated carbocycles. The van der Waals surface area contributed by atoms with Crippen LogP contribution in [0.1, 0.15) is 54.6 Å². The predicted molar refractivity (Wildman–Crippen MR) is 109 cm³/mol. The van der Waals surface area contributed by atoms with Crippen LogP contribution < -0.4 is 10.1 Å². The highest BCUT2D eigenvalue weighted by Crippen LogP contribution is 2.21. The zero-order valence-corrected chi connectivity index (χ0v) is 16.8. The molecule has 1 aromatic heterocycles. The maximum atomic E-state index is 12.4. The number of hydrogen-bond acceptors (Lipinski definition) is 5. The molecule has 1 heterocycles. The minimum Gasteiger partial charge on any atom is -0.487 e. The Kier molecular flexibility index (Phi) is 7.66. The Labute approximate surface area is 165 Å². The third-order valence-corrected chi connectivity index (χ3v) is 5.77. The molecule has 146 valence electrons. The highest BCUT2D eigenvalue weighted by molar-refractivity contribution is 7.07. The molecule has 1 fully saturated rings. The molecule has 1 aromatic carbocycles. The minimum absolute atomic E-state index is 0.0468. The normalized spacial score (nSPS) is 15.0. The zero-order valence-electron chi connectivity index (χ0n) is 16.0. The monoisotopic (exact) mass is 387 g/mol. The molecule has 6 heteroatoms. The van der Waals surface area contributed by atoms with E-state index in [9.17, 15) is 4.79 Å². The minimum atomic E-state index is -0.0468. The van der Waals surface area contributed by atoms with Crippen molar-refractivity contribution in [3.63, 3.8) is 0 Å². The van der Waals surface area contributed by atoms with Crippen LogP contribution in [0.3, 0.4) is 0 Å². The van der Waals surface area contributed by atoms with Gasteiger partial charge in [0.25, 0.3) is 5.91 Å². The Balaban J connectivity index is 1.39. The van der Waals surface area contributed by atoms with Gasteiger partial charge in [0.2, 0.25) is 0 Å². The maximum absolute atomic E-state index is 12.4. The van der Waals surface area contributed by atoms with Crippen molar-refractivity contribution < 1.29 is 9.53 Å². The van der Waals surface area contributed by atoms with Gasteiger partial charge in [-0.3, -0.25) is 4.79 Å². The van der Waals surface area contributed by atoms with Crippen LogP contribution in [0, 0.1) is 0 Å². The molecule has 0 unspecified atom stereocenters. The van der Waals surface area contributed by atoms with Crippen molar-refractivity contribution in [3.05, 3.63) is 46.4 Å². The van der Waals surface area contributed by atoms with Crippen LogP contribution in [0.25, 0.3) is 0 Å². The number of ether oxygens (including phenoxy) is 1. The fourth-order valence-corrected chi connectivity index (χ4v) is 4.07. The van der Waals surface area contributed by atoms with E-state index in [0.717, 1.165) is 24.7 Å². The van der Waals surface area contributed by atoms with Crippen LogP contribution in [-0.2, 0) is 6.61 Å². The molecule has 2 aromatic rings. The lowest BCUT2D eigenvalue weighted by atomic mass is 9.94. The zero-order chi connectivity index (χ0) is 18.9. The summed E-state index contributed by atoms with van der Waals surface area (Å²) in [7, 11) is 2.21. The first-order chi connectivity index (χ1) is 13.2. The van der Waals surface area contributed by atoms with E-state index in [4.69, 9.17) is 4.74 Å². The van der Waals surface area contributed by atoms with E-state index in [0.29, 0.717) is 24.5 Å².